The zero-order chi connectivity index (χ0) is 35.6. The number of rotatable bonds is 22. The number of Topliss-reactive ketones (excluding diaryl/α,β-unsaturated/α-hetero) is 1. The number of hydrogen-bond acceptors (Lipinski definition) is 11. The molecule has 14 heteroatoms. The molecule has 3 amide bonds. The molecule has 0 fully saturated rings. The Labute approximate surface area is 280 Å². The Hall–Kier alpha value is -4.72. The Morgan fingerprint density at radius 2 is 1.73 bits per heavy atom. The molecule has 264 valence electrons. The Morgan fingerprint density at radius 3 is 2.35 bits per heavy atom. The molecule has 14 nitrogen and oxygen atoms in total. The van der Waals surface area contributed by atoms with Crippen LogP contribution in [0, 0.1) is 11.8 Å². The second-order valence-electron chi connectivity index (χ2n) is 11.1. The van der Waals surface area contributed by atoms with Gasteiger partial charge in [-0.25, -0.2) is 5.06 Å². The number of esters is 2. The van der Waals surface area contributed by atoms with Crippen molar-refractivity contribution in [2.24, 2.45) is 11.8 Å². The Bertz CT molecular complexity index is 1390. The highest BCUT2D eigenvalue weighted by molar-refractivity contribution is 5.99. The summed E-state index contributed by atoms with van der Waals surface area (Å²) in [6, 6.07) is 7.00. The summed E-state index contributed by atoms with van der Waals surface area (Å²) in [4.78, 5) is 74.3. The summed E-state index contributed by atoms with van der Waals surface area (Å²) in [7, 11) is 2.44. The van der Waals surface area contributed by atoms with Crippen LogP contribution >= 0.6 is 0 Å². The molecular weight excluding hydrogens is 626 g/mol. The smallest absolute Gasteiger partial charge is 0.309 e. The van der Waals surface area contributed by atoms with Gasteiger partial charge < -0.3 is 29.3 Å². The summed E-state index contributed by atoms with van der Waals surface area (Å²) < 4.78 is 20.9. The van der Waals surface area contributed by atoms with E-state index in [1.165, 1.54) is 26.4 Å². The van der Waals surface area contributed by atoms with Crippen molar-refractivity contribution < 1.29 is 52.6 Å². The molecule has 0 saturated carbocycles. The van der Waals surface area contributed by atoms with Gasteiger partial charge >= 0.3 is 11.9 Å². The number of nitrogens with one attached hydrogen (secondary N) is 2. The monoisotopic (exact) mass is 673 g/mol. The molecular formula is C34H47N3O11. The van der Waals surface area contributed by atoms with E-state index in [1.807, 2.05) is 6.92 Å². The average Bonchev–Trinajstić information content (AvgIpc) is 3.59. The number of ether oxygens (including phenoxy) is 3. The van der Waals surface area contributed by atoms with E-state index in [-0.39, 0.29) is 49.4 Å². The van der Waals surface area contributed by atoms with E-state index in [0.29, 0.717) is 35.8 Å². The van der Waals surface area contributed by atoms with E-state index in [0.717, 1.165) is 19.3 Å². The van der Waals surface area contributed by atoms with Crippen molar-refractivity contribution in [2.75, 3.05) is 27.5 Å². The molecule has 1 heterocycles. The third-order valence-electron chi connectivity index (χ3n) is 7.84. The first-order valence-corrected chi connectivity index (χ1v) is 16.1. The fraction of sp³-hybridized carbons (Fsp3) is 0.529. The first-order chi connectivity index (χ1) is 23.0. The second-order valence-corrected chi connectivity index (χ2v) is 11.1. The topological polar surface area (TPSA) is 191 Å². The molecule has 0 aliphatic rings. The third-order valence-corrected chi connectivity index (χ3v) is 7.84. The van der Waals surface area contributed by atoms with Gasteiger partial charge in [-0.3, -0.25) is 34.0 Å². The molecule has 48 heavy (non-hydrogen) atoms. The summed E-state index contributed by atoms with van der Waals surface area (Å²) in [5.41, 5.74) is 0.660. The molecule has 0 aliphatic heterocycles. The van der Waals surface area contributed by atoms with E-state index in [4.69, 9.17) is 13.9 Å². The number of carbonyl (C=O) groups excluding carboxylic acids is 6. The third kappa shape index (κ3) is 11.8. The largest absolute Gasteiger partial charge is 0.494 e. The van der Waals surface area contributed by atoms with Gasteiger partial charge in [0.2, 0.25) is 12.3 Å². The lowest BCUT2D eigenvalue weighted by atomic mass is 9.90. The van der Waals surface area contributed by atoms with Crippen LogP contribution in [0.4, 0.5) is 0 Å². The van der Waals surface area contributed by atoms with Gasteiger partial charge in [0.15, 0.2) is 11.5 Å². The van der Waals surface area contributed by atoms with E-state index >= 15 is 0 Å². The Balaban J connectivity index is 2.17. The number of hydrogen-bond donors (Lipinski definition) is 3. The number of benzene rings is 1. The average molecular weight is 674 g/mol. The highest BCUT2D eigenvalue weighted by atomic mass is 16.5. The van der Waals surface area contributed by atoms with Crippen LogP contribution in [0.3, 0.4) is 0 Å². The van der Waals surface area contributed by atoms with Crippen LogP contribution in [0.25, 0.3) is 11.3 Å². The molecule has 0 radical (unpaired) electrons. The lowest BCUT2D eigenvalue weighted by molar-refractivity contribution is -0.168. The van der Waals surface area contributed by atoms with Crippen LogP contribution in [0.5, 0.6) is 5.75 Å². The zero-order valence-electron chi connectivity index (χ0n) is 28.2. The molecule has 0 saturated heterocycles. The first kappa shape index (κ1) is 39.5. The molecule has 3 N–H and O–H groups in total. The van der Waals surface area contributed by atoms with Gasteiger partial charge in [-0.2, -0.15) is 0 Å². The minimum Gasteiger partial charge on any atom is -0.494 e. The maximum atomic E-state index is 13.3. The number of ketones is 1. The van der Waals surface area contributed by atoms with Crippen LogP contribution in [0.1, 0.15) is 93.1 Å². The van der Waals surface area contributed by atoms with Gasteiger partial charge in [-0.05, 0) is 56.5 Å². The van der Waals surface area contributed by atoms with Crippen molar-refractivity contribution in [3.8, 4) is 17.1 Å². The fourth-order valence-electron chi connectivity index (χ4n) is 5.25. The first-order valence-electron chi connectivity index (χ1n) is 16.1. The minimum absolute atomic E-state index is 0.0593. The van der Waals surface area contributed by atoms with Gasteiger partial charge in [-0.1, -0.05) is 33.1 Å². The quantitative estimate of drug-likeness (QED) is 0.0307. The van der Waals surface area contributed by atoms with Crippen molar-refractivity contribution in [1.29, 1.82) is 0 Å². The van der Waals surface area contributed by atoms with Gasteiger partial charge in [0, 0.05) is 24.0 Å². The van der Waals surface area contributed by atoms with E-state index in [9.17, 15) is 34.0 Å². The zero-order valence-corrected chi connectivity index (χ0v) is 28.2. The number of unbranched alkanes of at least 4 members (excludes halogenated alkanes) is 2. The van der Waals surface area contributed by atoms with Crippen LogP contribution in [0.2, 0.25) is 0 Å². The van der Waals surface area contributed by atoms with Crippen molar-refractivity contribution in [3.05, 3.63) is 41.7 Å². The Morgan fingerprint density at radius 1 is 0.979 bits per heavy atom. The Kier molecular flexibility index (Phi) is 16.9. The maximum Gasteiger partial charge on any atom is 0.309 e. The predicted molar refractivity (Wildman–Crippen MR) is 173 cm³/mol. The second kappa shape index (κ2) is 20.5. The summed E-state index contributed by atoms with van der Waals surface area (Å²) >= 11 is 0. The van der Waals surface area contributed by atoms with Crippen LogP contribution in [-0.2, 0) is 28.7 Å². The molecule has 0 bridgehead atoms. The highest BCUT2D eigenvalue weighted by Gasteiger charge is 2.31. The van der Waals surface area contributed by atoms with Crippen molar-refractivity contribution >= 4 is 35.9 Å². The lowest BCUT2D eigenvalue weighted by Crippen LogP contribution is -2.47. The van der Waals surface area contributed by atoms with Crippen LogP contribution in [0.15, 0.2) is 34.7 Å². The molecule has 0 spiro atoms. The summed E-state index contributed by atoms with van der Waals surface area (Å²) in [5.74, 6) is -3.54. The van der Waals surface area contributed by atoms with Crippen molar-refractivity contribution in [2.45, 2.75) is 78.2 Å². The number of nitrogens with zero attached hydrogens (tertiary/aromatic N) is 1. The van der Waals surface area contributed by atoms with Crippen LogP contribution < -0.4 is 15.4 Å². The van der Waals surface area contributed by atoms with Gasteiger partial charge in [0.05, 0.1) is 45.4 Å². The fourth-order valence-corrected chi connectivity index (χ4v) is 5.25. The van der Waals surface area contributed by atoms with E-state index in [1.54, 1.807) is 32.0 Å². The number of methoxy groups -OCH3 is 2. The molecule has 2 aromatic rings. The minimum atomic E-state index is -0.868. The molecule has 2 rings (SSSR count). The molecule has 1 aromatic heterocycles. The molecule has 1 aromatic carbocycles. The normalized spacial score (nSPS) is 12.6. The molecule has 0 aliphatic carbocycles. The lowest BCUT2D eigenvalue weighted by Gasteiger charge is -2.29. The number of amides is 3. The molecule has 0 unspecified atom stereocenters. The number of carbonyl (C=O) groups is 6. The number of furan rings is 1. The van der Waals surface area contributed by atoms with Gasteiger partial charge in [-0.15, -0.1) is 0 Å². The summed E-state index contributed by atoms with van der Waals surface area (Å²) in [6.07, 6.45) is 3.44. The highest BCUT2D eigenvalue weighted by Crippen LogP contribution is 2.30. The summed E-state index contributed by atoms with van der Waals surface area (Å²) in [6.45, 7) is 5.66. The number of hydroxylamine groups is 2. The van der Waals surface area contributed by atoms with Crippen molar-refractivity contribution in [1.82, 2.24) is 15.7 Å². The van der Waals surface area contributed by atoms with Gasteiger partial charge in [0.25, 0.3) is 5.91 Å². The van der Waals surface area contributed by atoms with Crippen molar-refractivity contribution in [3.63, 3.8) is 0 Å². The van der Waals surface area contributed by atoms with Gasteiger partial charge in [0.1, 0.15) is 11.5 Å². The van der Waals surface area contributed by atoms with E-state index in [2.05, 4.69) is 15.4 Å². The summed E-state index contributed by atoms with van der Waals surface area (Å²) in [5, 5.41) is 15.7. The molecule has 3 atom stereocenters. The SMILES string of the molecule is CCCCC[C@@H](C(=O)NCNC(=O)c1ccc(-c2cc(OCC)cc(C(=O)C[C@@H](CCC(=O)OC)C(=O)OC)c2)o1)[C@@H](CC)N(O)C=O. The predicted octanol–water partition coefficient (Wildman–Crippen LogP) is 4.29. The van der Waals surface area contributed by atoms with Crippen LogP contribution in [-0.4, -0.2) is 79.8 Å². The standard InChI is InChI=1S/C34H47N3O11/c1-6-9-10-11-26(27(7-2)37(44)21-38)32(41)35-20-36-33(42)30-14-13-29(48-30)24-16-23(17-25(18-24)47-8-3)28(39)19-22(34(43)46-5)12-15-31(40)45-4/h13-14,16-18,21-22,26-27,44H,6-12,15,19-20H2,1-5H3,(H,35,41)(H,36,42)/t22-,26-,27-/m1/s1. The van der Waals surface area contributed by atoms with E-state index < -0.39 is 47.4 Å². The maximum absolute atomic E-state index is 13.3.